The monoisotopic (exact) mass is 1010 g/mol. The Bertz CT molecular complexity index is 2240. The molecule has 0 bridgehead atoms. The van der Waals surface area contributed by atoms with Crippen LogP contribution in [0.5, 0.6) is 0 Å². The number of amides is 4. The van der Waals surface area contributed by atoms with Crippen molar-refractivity contribution in [3.63, 3.8) is 0 Å². The number of cyclic esters (lactones) is 2. The Morgan fingerprint density at radius 3 is 1.49 bits per heavy atom. The van der Waals surface area contributed by atoms with Gasteiger partial charge in [-0.2, -0.15) is 10.2 Å². The summed E-state index contributed by atoms with van der Waals surface area (Å²) in [6.07, 6.45) is 7.63. The van der Waals surface area contributed by atoms with E-state index in [0.29, 0.717) is 54.2 Å². The molecule has 4 amide bonds. The van der Waals surface area contributed by atoms with Crippen LogP contribution in [0.3, 0.4) is 0 Å². The summed E-state index contributed by atoms with van der Waals surface area (Å²) in [5.74, 6) is -2.56. The zero-order valence-corrected chi connectivity index (χ0v) is 42.5. The van der Waals surface area contributed by atoms with Gasteiger partial charge in [-0.05, 0) is 62.1 Å². The Kier molecular flexibility index (Phi) is 24.5. The van der Waals surface area contributed by atoms with E-state index in [2.05, 4.69) is 53.7 Å². The molecule has 4 fully saturated rings. The molecular formula is C44H57BF2N10NaO13. The number of carbonyl (C=O) groups excluding carboxylic acids is 8. The van der Waals surface area contributed by atoms with Gasteiger partial charge >= 0.3 is 53.7 Å². The molecule has 2 aliphatic carbocycles. The number of nitrogens with one attached hydrogen (secondary N) is 3. The molecule has 6 aliphatic rings. The number of Topliss-reactive ketones (excluding diaryl/α,β-unsaturated/α-hetero) is 1. The van der Waals surface area contributed by atoms with Gasteiger partial charge in [-0.25, -0.2) is 37.7 Å². The van der Waals surface area contributed by atoms with Gasteiger partial charge in [0, 0.05) is 66.6 Å². The normalized spacial score (nSPS) is 18.4. The minimum atomic E-state index is -0.639. The summed E-state index contributed by atoms with van der Waals surface area (Å²) in [7, 11) is 4.32. The minimum Gasteiger partial charge on any atom is -0.793 e. The van der Waals surface area contributed by atoms with Crippen LogP contribution in [0, 0.1) is 11.6 Å². The van der Waals surface area contributed by atoms with E-state index >= 15 is 0 Å². The molecule has 2 saturated heterocycles. The maximum absolute atomic E-state index is 14.7. The van der Waals surface area contributed by atoms with Crippen LogP contribution in [0.4, 0.5) is 41.1 Å². The number of nitrogens with zero attached hydrogens (tertiary/aromatic N) is 7. The van der Waals surface area contributed by atoms with Crippen LogP contribution < -0.4 is 65.2 Å². The third-order valence-electron chi connectivity index (χ3n) is 10.5. The third kappa shape index (κ3) is 19.6. The minimum absolute atomic E-state index is 0. The van der Waals surface area contributed by atoms with Crippen molar-refractivity contribution in [2.24, 2.45) is 10.2 Å². The topological polar surface area (TPSA) is 260 Å². The van der Waals surface area contributed by atoms with Crippen molar-refractivity contribution in [2.75, 3.05) is 72.0 Å². The summed E-state index contributed by atoms with van der Waals surface area (Å²) in [5.41, 5.74) is 4.47. The summed E-state index contributed by atoms with van der Waals surface area (Å²) in [4.78, 5) is 98.9. The zero-order chi connectivity index (χ0) is 51.3. The molecule has 2 atom stereocenters. The Morgan fingerprint density at radius 2 is 1.18 bits per heavy atom. The average molecular weight is 1010 g/mol. The average Bonchev–Trinajstić information content (AvgIpc) is 3.87. The van der Waals surface area contributed by atoms with Gasteiger partial charge in [0.1, 0.15) is 42.3 Å². The predicted octanol–water partition coefficient (Wildman–Crippen LogP) is -0.0513. The Morgan fingerprint density at radius 1 is 0.718 bits per heavy atom. The first-order chi connectivity index (χ1) is 33.3. The van der Waals surface area contributed by atoms with Crippen molar-refractivity contribution in [1.82, 2.24) is 21.1 Å². The van der Waals surface area contributed by atoms with Crippen LogP contribution >= 0.6 is 0 Å². The fourth-order valence-corrected chi connectivity index (χ4v) is 6.61. The number of hydrogen-bond donors (Lipinski definition) is 3. The standard InChI is InChI=1S/C19H24FN5O3.C15H18FN5O3.C4H6O4.C4H6O.C2H3BO2.Na/c1-13(26)21-10-16-11-24(19(27)28-16)15-5-6-18(17(20)9-15)23-7-8-25(22-12-23)14-3-2-4-14;1-10(22)17-7-12-8-21(15(23)24-12)11-2-3-14(13(16)6-11)20-5-4-18-19-9-20;1-3(5)7-8-4(2)6;5-4-2-1-3-4;1-2(4)5-3;/h5-6,9,12,14,16H,2-4,7-8,10-11H2,1H3,(H,21,26);2-3,6,9,12,18H,4-5,7-8H2,1H3,(H,17,22);1-2H3;1-3H2;1H3;/q;;;;-1;+1/t16-;12-;;;;/m00..../s1. The first-order valence-electron chi connectivity index (χ1n) is 22.2. The van der Waals surface area contributed by atoms with Crippen LogP contribution in [0.2, 0.25) is 0 Å². The van der Waals surface area contributed by atoms with E-state index in [4.69, 9.17) is 9.47 Å². The molecule has 27 heteroatoms. The predicted molar refractivity (Wildman–Crippen MR) is 249 cm³/mol. The molecular weight excluding hydrogens is 948 g/mol. The largest absolute Gasteiger partial charge is 1.00 e. The van der Waals surface area contributed by atoms with E-state index in [1.165, 1.54) is 68.3 Å². The summed E-state index contributed by atoms with van der Waals surface area (Å²) >= 11 is 0. The molecule has 3 N–H and O–H groups in total. The fourth-order valence-electron chi connectivity index (χ4n) is 6.61. The first kappa shape index (κ1) is 58.8. The Balaban J connectivity index is 0.000000278. The van der Waals surface area contributed by atoms with Crippen molar-refractivity contribution >= 4 is 91.2 Å². The van der Waals surface area contributed by atoms with Gasteiger partial charge in [0.25, 0.3) is 0 Å². The SMILES string of the molecule is CC(=O)NC[C@H]1CN(c2ccc(N3C=NN(C4CCC4)CC3)c(F)c2)C(=O)O1.CC(=O)NC[C@H]1CN(c2ccc(N3C=NNCC3)c(F)c2)C(=O)O1.CC(=O)OOC(C)=O.O=C1CCC1.[B-]OC(C)=O.[Na+]. The number of hydrogen-bond acceptors (Lipinski definition) is 19. The van der Waals surface area contributed by atoms with Gasteiger partial charge in [0.15, 0.2) is 0 Å². The van der Waals surface area contributed by atoms with Crippen LogP contribution in [0.15, 0.2) is 46.6 Å². The molecule has 8 rings (SSSR count). The molecule has 23 nitrogen and oxygen atoms in total. The van der Waals surface area contributed by atoms with Crippen molar-refractivity contribution < 1.29 is 101 Å². The molecule has 2 aromatic carbocycles. The number of carbonyl (C=O) groups is 8. The van der Waals surface area contributed by atoms with Gasteiger partial charge in [0.05, 0.1) is 62.0 Å². The van der Waals surface area contributed by atoms with Crippen LogP contribution in [-0.2, 0) is 52.7 Å². The second-order valence-electron chi connectivity index (χ2n) is 16.0. The van der Waals surface area contributed by atoms with Crippen molar-refractivity contribution in [3.05, 3.63) is 48.0 Å². The molecule has 0 aromatic heterocycles. The molecule has 2 saturated carbocycles. The van der Waals surface area contributed by atoms with Crippen molar-refractivity contribution in [2.45, 2.75) is 91.4 Å². The van der Waals surface area contributed by atoms with Crippen LogP contribution in [-0.4, -0.2) is 144 Å². The third-order valence-corrected chi connectivity index (χ3v) is 10.5. The Hall–Kier alpha value is -6.54. The number of ether oxygens (including phenoxy) is 2. The number of benzene rings is 2. The maximum atomic E-state index is 14.7. The van der Waals surface area contributed by atoms with E-state index in [0.717, 1.165) is 39.7 Å². The van der Waals surface area contributed by atoms with Gasteiger partial charge < -0.3 is 48.0 Å². The number of hydrazone groups is 2. The van der Waals surface area contributed by atoms with Gasteiger partial charge in [-0.3, -0.25) is 34.0 Å². The summed E-state index contributed by atoms with van der Waals surface area (Å²) < 4.78 is 43.2. The van der Waals surface area contributed by atoms with Gasteiger partial charge in [0.2, 0.25) is 17.8 Å². The number of halogens is 2. The molecule has 379 valence electrons. The maximum Gasteiger partial charge on any atom is 1.00 e. The zero-order valence-electron chi connectivity index (χ0n) is 40.5. The molecule has 3 radical (unpaired) electrons. The molecule has 0 unspecified atom stereocenters. The van der Waals surface area contributed by atoms with Gasteiger partial charge in [-0.15, -0.1) is 0 Å². The van der Waals surface area contributed by atoms with E-state index in [9.17, 15) is 47.1 Å². The van der Waals surface area contributed by atoms with Crippen LogP contribution in [0.25, 0.3) is 0 Å². The summed E-state index contributed by atoms with van der Waals surface area (Å²) in [6.45, 7) is 9.96. The quantitative estimate of drug-likeness (QED) is 0.169. The summed E-state index contributed by atoms with van der Waals surface area (Å²) in [6, 6.07) is 9.79. The van der Waals surface area contributed by atoms with E-state index < -0.39 is 53.9 Å². The summed E-state index contributed by atoms with van der Waals surface area (Å²) in [5, 5.41) is 15.7. The number of rotatable bonds is 9. The number of anilines is 4. The smallest absolute Gasteiger partial charge is 0.793 e. The van der Waals surface area contributed by atoms with Gasteiger partial charge in [-0.1, -0.05) is 0 Å². The second kappa shape index (κ2) is 29.6. The van der Waals surface area contributed by atoms with Crippen molar-refractivity contribution in [3.8, 4) is 0 Å². The first-order valence-corrected chi connectivity index (χ1v) is 22.2. The molecule has 4 heterocycles. The fraction of sp³-hybridized carbons (Fsp3) is 0.500. The van der Waals surface area contributed by atoms with Crippen LogP contribution in [0.1, 0.15) is 73.1 Å². The molecule has 4 aliphatic heterocycles. The van der Waals surface area contributed by atoms with E-state index in [1.807, 2.05) is 0 Å². The Labute approximate surface area is 432 Å². The molecule has 71 heavy (non-hydrogen) atoms. The number of ketones is 1. The molecule has 2 aromatic rings. The molecule has 0 spiro atoms. The van der Waals surface area contributed by atoms with E-state index in [1.54, 1.807) is 40.4 Å². The van der Waals surface area contributed by atoms with E-state index in [-0.39, 0.29) is 67.6 Å². The second-order valence-corrected chi connectivity index (χ2v) is 16.0. The van der Waals surface area contributed by atoms with Crippen molar-refractivity contribution in [1.29, 1.82) is 0 Å².